The molecule has 0 unspecified atom stereocenters. The van der Waals surface area contributed by atoms with Crippen molar-refractivity contribution in [3.63, 3.8) is 0 Å². The lowest BCUT2D eigenvalue weighted by molar-refractivity contribution is -0.115. The minimum absolute atomic E-state index is 0.0857. The number of carbonyl (C=O) groups excluding carboxylic acids is 1. The largest absolute Gasteiger partial charge is 0.369 e. The molecule has 4 nitrogen and oxygen atoms in total. The number of aryl methyl sites for hydroxylation is 2. The van der Waals surface area contributed by atoms with E-state index in [1.165, 1.54) is 34.1 Å². The molecule has 0 aromatic heterocycles. The third-order valence-electron chi connectivity index (χ3n) is 6.76. The molecule has 1 fully saturated rings. The maximum Gasteiger partial charge on any atom is 0.264 e. The molecule has 2 aromatic carbocycles. The lowest BCUT2D eigenvalue weighted by atomic mass is 9.79. The van der Waals surface area contributed by atoms with Crippen molar-refractivity contribution in [2.45, 2.75) is 59.4 Å². The predicted octanol–water partition coefficient (Wildman–Crippen LogP) is 6.23. The number of rotatable bonds is 2. The van der Waals surface area contributed by atoms with Gasteiger partial charge in [0, 0.05) is 18.3 Å². The molecule has 1 saturated heterocycles. The molecule has 1 atom stereocenters. The molecule has 31 heavy (non-hydrogen) atoms. The minimum atomic E-state index is -0.0857. The molecule has 5 heteroatoms. The molecule has 2 aliphatic rings. The Labute approximate surface area is 189 Å². The SMILES string of the molecule is Cc1cc2c(cc1/C=C1\SC(=Nc3cccc(C)c3C)NC1=O)[C@@H](C)CC(C)(C)N2C. The molecule has 2 aromatic rings. The second kappa shape index (κ2) is 7.86. The van der Waals surface area contributed by atoms with Crippen LogP contribution in [-0.4, -0.2) is 23.7 Å². The van der Waals surface area contributed by atoms with Crippen molar-refractivity contribution < 1.29 is 4.79 Å². The van der Waals surface area contributed by atoms with Gasteiger partial charge in [-0.2, -0.15) is 0 Å². The Morgan fingerprint density at radius 2 is 1.94 bits per heavy atom. The van der Waals surface area contributed by atoms with Crippen LogP contribution in [0.3, 0.4) is 0 Å². The number of hydrogen-bond donors (Lipinski definition) is 1. The summed E-state index contributed by atoms with van der Waals surface area (Å²) in [4.78, 5) is 20.4. The van der Waals surface area contributed by atoms with E-state index in [4.69, 9.17) is 4.99 Å². The normalized spacial score (nSPS) is 22.7. The average molecular weight is 434 g/mol. The van der Waals surface area contributed by atoms with Crippen LogP contribution in [0.1, 0.15) is 60.9 Å². The first-order chi connectivity index (χ1) is 14.6. The van der Waals surface area contributed by atoms with Gasteiger partial charge in [-0.05, 0) is 111 Å². The van der Waals surface area contributed by atoms with Gasteiger partial charge in [0.2, 0.25) is 0 Å². The topological polar surface area (TPSA) is 44.7 Å². The minimum Gasteiger partial charge on any atom is -0.369 e. The molecule has 2 aliphatic heterocycles. The molecule has 4 rings (SSSR count). The van der Waals surface area contributed by atoms with Gasteiger partial charge in [-0.15, -0.1) is 0 Å². The van der Waals surface area contributed by atoms with Crippen LogP contribution < -0.4 is 10.2 Å². The number of carbonyl (C=O) groups is 1. The van der Waals surface area contributed by atoms with Gasteiger partial charge >= 0.3 is 0 Å². The van der Waals surface area contributed by atoms with Crippen molar-refractivity contribution in [1.82, 2.24) is 5.32 Å². The third kappa shape index (κ3) is 4.03. The van der Waals surface area contributed by atoms with E-state index in [2.05, 4.69) is 77.0 Å². The van der Waals surface area contributed by atoms with Gasteiger partial charge in [0.05, 0.1) is 10.6 Å². The van der Waals surface area contributed by atoms with Gasteiger partial charge in [-0.3, -0.25) is 4.79 Å². The number of anilines is 1. The van der Waals surface area contributed by atoms with Crippen LogP contribution in [0.15, 0.2) is 40.2 Å². The van der Waals surface area contributed by atoms with Gasteiger partial charge in [0.15, 0.2) is 5.17 Å². The monoisotopic (exact) mass is 433 g/mol. The highest BCUT2D eigenvalue weighted by atomic mass is 32.2. The van der Waals surface area contributed by atoms with Crippen LogP contribution in [0, 0.1) is 20.8 Å². The first-order valence-corrected chi connectivity index (χ1v) is 11.6. The van der Waals surface area contributed by atoms with Crippen LogP contribution in [-0.2, 0) is 4.79 Å². The number of fused-ring (bicyclic) bond motifs is 1. The fraction of sp³-hybridized carbons (Fsp3) is 0.385. The molecule has 0 bridgehead atoms. The summed E-state index contributed by atoms with van der Waals surface area (Å²) in [5.74, 6) is 0.392. The Morgan fingerprint density at radius 3 is 2.68 bits per heavy atom. The van der Waals surface area contributed by atoms with Gasteiger partial charge < -0.3 is 10.2 Å². The molecular formula is C26H31N3OS. The van der Waals surface area contributed by atoms with Crippen molar-refractivity contribution in [2.24, 2.45) is 4.99 Å². The number of amides is 1. The maximum absolute atomic E-state index is 12.6. The Morgan fingerprint density at radius 1 is 1.19 bits per heavy atom. The van der Waals surface area contributed by atoms with Crippen molar-refractivity contribution in [3.8, 4) is 0 Å². The van der Waals surface area contributed by atoms with Crippen molar-refractivity contribution in [1.29, 1.82) is 0 Å². The summed E-state index contributed by atoms with van der Waals surface area (Å²) in [6.45, 7) is 13.1. The summed E-state index contributed by atoms with van der Waals surface area (Å²) < 4.78 is 0. The van der Waals surface area contributed by atoms with E-state index in [0.29, 0.717) is 16.0 Å². The van der Waals surface area contributed by atoms with Crippen LogP contribution >= 0.6 is 11.8 Å². The van der Waals surface area contributed by atoms with Crippen LogP contribution in [0.5, 0.6) is 0 Å². The molecule has 0 saturated carbocycles. The number of benzene rings is 2. The molecule has 0 aliphatic carbocycles. The molecule has 1 N–H and O–H groups in total. The number of nitrogens with one attached hydrogen (secondary N) is 1. The fourth-order valence-corrected chi connectivity index (χ4v) is 5.30. The second-order valence-corrected chi connectivity index (χ2v) is 10.5. The zero-order valence-electron chi connectivity index (χ0n) is 19.5. The van der Waals surface area contributed by atoms with E-state index in [1.54, 1.807) is 0 Å². The Bertz CT molecular complexity index is 1130. The van der Waals surface area contributed by atoms with E-state index in [9.17, 15) is 4.79 Å². The van der Waals surface area contributed by atoms with E-state index in [0.717, 1.165) is 23.2 Å². The zero-order valence-corrected chi connectivity index (χ0v) is 20.3. The molecule has 162 valence electrons. The molecular weight excluding hydrogens is 402 g/mol. The molecule has 2 heterocycles. The summed E-state index contributed by atoms with van der Waals surface area (Å²) in [6.07, 6.45) is 3.12. The summed E-state index contributed by atoms with van der Waals surface area (Å²) in [5.41, 5.74) is 8.29. The van der Waals surface area contributed by atoms with E-state index in [-0.39, 0.29) is 11.4 Å². The van der Waals surface area contributed by atoms with Gasteiger partial charge in [-0.25, -0.2) is 4.99 Å². The number of hydrogen-bond acceptors (Lipinski definition) is 4. The molecule has 0 spiro atoms. The molecule has 0 radical (unpaired) electrons. The third-order valence-corrected chi connectivity index (χ3v) is 7.67. The predicted molar refractivity (Wildman–Crippen MR) is 133 cm³/mol. The smallest absolute Gasteiger partial charge is 0.264 e. The summed E-state index contributed by atoms with van der Waals surface area (Å²) in [6, 6.07) is 10.6. The Hall–Kier alpha value is -2.53. The van der Waals surface area contributed by atoms with E-state index >= 15 is 0 Å². The number of nitrogens with zero attached hydrogens (tertiary/aromatic N) is 2. The first-order valence-electron chi connectivity index (χ1n) is 10.8. The number of amidine groups is 1. The second-order valence-electron chi connectivity index (χ2n) is 9.45. The Balaban J connectivity index is 1.67. The van der Waals surface area contributed by atoms with Crippen molar-refractivity contribution in [2.75, 3.05) is 11.9 Å². The van der Waals surface area contributed by atoms with E-state index < -0.39 is 0 Å². The zero-order chi connectivity index (χ0) is 22.5. The van der Waals surface area contributed by atoms with Crippen molar-refractivity contribution >= 4 is 40.3 Å². The quantitative estimate of drug-likeness (QED) is 0.571. The van der Waals surface area contributed by atoms with Crippen LogP contribution in [0.2, 0.25) is 0 Å². The lowest BCUT2D eigenvalue weighted by Gasteiger charge is -2.45. The maximum atomic E-state index is 12.6. The van der Waals surface area contributed by atoms with Crippen molar-refractivity contribution in [3.05, 3.63) is 63.1 Å². The lowest BCUT2D eigenvalue weighted by Crippen LogP contribution is -2.45. The number of aliphatic imine (C=N–C) groups is 1. The van der Waals surface area contributed by atoms with Gasteiger partial charge in [-0.1, -0.05) is 19.1 Å². The molecule has 1 amide bonds. The van der Waals surface area contributed by atoms with E-state index in [1.807, 2.05) is 18.2 Å². The number of thioether (sulfide) groups is 1. The van der Waals surface area contributed by atoms with Gasteiger partial charge in [0.25, 0.3) is 5.91 Å². The highest BCUT2D eigenvalue weighted by Crippen LogP contribution is 2.44. The standard InChI is InChI=1S/C26H31N3OS/c1-15-9-8-10-21(18(15)4)27-25-28-24(30)23(31-25)13-19-12-20-17(3)14-26(5,6)29(7)22(20)11-16(19)2/h8-13,17H,14H2,1-7H3,(H,27,28,30)/b23-13-/t17-/m0/s1. The highest BCUT2D eigenvalue weighted by Gasteiger charge is 2.34. The summed E-state index contributed by atoms with van der Waals surface area (Å²) in [5, 5.41) is 3.56. The fourth-order valence-electron chi connectivity index (χ4n) is 4.48. The van der Waals surface area contributed by atoms with Crippen LogP contribution in [0.25, 0.3) is 6.08 Å². The Kier molecular flexibility index (Phi) is 5.50. The summed E-state index contributed by atoms with van der Waals surface area (Å²) >= 11 is 1.41. The summed E-state index contributed by atoms with van der Waals surface area (Å²) in [7, 11) is 2.18. The average Bonchev–Trinajstić information content (AvgIpc) is 3.03. The first kappa shape index (κ1) is 21.7. The van der Waals surface area contributed by atoms with Gasteiger partial charge in [0.1, 0.15) is 0 Å². The highest BCUT2D eigenvalue weighted by molar-refractivity contribution is 8.18. The van der Waals surface area contributed by atoms with Crippen LogP contribution in [0.4, 0.5) is 11.4 Å².